The van der Waals surface area contributed by atoms with Crippen molar-refractivity contribution in [1.29, 1.82) is 0 Å². The third-order valence-corrected chi connectivity index (χ3v) is 5.06. The van der Waals surface area contributed by atoms with E-state index >= 15 is 0 Å². The topological polar surface area (TPSA) is 64.4 Å². The van der Waals surface area contributed by atoms with Crippen molar-refractivity contribution in [2.75, 3.05) is 13.1 Å². The highest BCUT2D eigenvalue weighted by Crippen LogP contribution is 2.24. The van der Waals surface area contributed by atoms with Gasteiger partial charge in [-0.2, -0.15) is 0 Å². The summed E-state index contributed by atoms with van der Waals surface area (Å²) in [6, 6.07) is 5.62. The SMILES string of the molecule is CC(C)(C)OC(=O)N1CCC(CCCn2cnc3cc(C=O)ccc32)CC1. The summed E-state index contributed by atoms with van der Waals surface area (Å²) in [6.07, 6.45) is 6.80. The largest absolute Gasteiger partial charge is 0.444 e. The molecule has 0 radical (unpaired) electrons. The molecule has 6 nitrogen and oxygen atoms in total. The number of carbonyl (C=O) groups excluding carboxylic acids is 2. The van der Waals surface area contributed by atoms with Crippen LogP contribution in [0.1, 0.15) is 56.8 Å². The van der Waals surface area contributed by atoms with E-state index in [1.165, 1.54) is 0 Å². The van der Waals surface area contributed by atoms with Crippen LogP contribution in [0, 0.1) is 5.92 Å². The second-order valence-corrected chi connectivity index (χ2v) is 8.36. The number of hydrogen-bond donors (Lipinski definition) is 0. The molecule has 0 bridgehead atoms. The van der Waals surface area contributed by atoms with Gasteiger partial charge in [-0.3, -0.25) is 4.79 Å². The maximum atomic E-state index is 12.1. The van der Waals surface area contributed by atoms with E-state index in [9.17, 15) is 9.59 Å². The summed E-state index contributed by atoms with van der Waals surface area (Å²) in [5.41, 5.74) is 2.16. The molecule has 1 saturated heterocycles. The maximum Gasteiger partial charge on any atom is 0.410 e. The van der Waals surface area contributed by atoms with E-state index < -0.39 is 5.60 Å². The number of rotatable bonds is 5. The van der Waals surface area contributed by atoms with Crippen LogP contribution in [0.2, 0.25) is 0 Å². The van der Waals surface area contributed by atoms with E-state index in [2.05, 4.69) is 9.55 Å². The monoisotopic (exact) mass is 371 g/mol. The molecule has 1 aliphatic rings. The predicted molar refractivity (Wildman–Crippen MR) is 105 cm³/mol. The van der Waals surface area contributed by atoms with Gasteiger partial charge in [-0.1, -0.05) is 0 Å². The average molecular weight is 371 g/mol. The number of nitrogens with zero attached hydrogens (tertiary/aromatic N) is 3. The van der Waals surface area contributed by atoms with Crippen molar-refractivity contribution in [1.82, 2.24) is 14.5 Å². The third-order valence-electron chi connectivity index (χ3n) is 5.06. The molecule has 0 saturated carbocycles. The zero-order chi connectivity index (χ0) is 19.4. The highest BCUT2D eigenvalue weighted by molar-refractivity contribution is 5.84. The quantitative estimate of drug-likeness (QED) is 0.736. The molecule has 146 valence electrons. The first-order valence-electron chi connectivity index (χ1n) is 9.74. The molecule has 0 aliphatic carbocycles. The van der Waals surface area contributed by atoms with Gasteiger partial charge in [0.15, 0.2) is 0 Å². The van der Waals surface area contributed by atoms with E-state index in [0.717, 1.165) is 62.6 Å². The zero-order valence-electron chi connectivity index (χ0n) is 16.5. The fourth-order valence-electron chi connectivity index (χ4n) is 3.61. The number of aromatic nitrogens is 2. The van der Waals surface area contributed by atoms with Gasteiger partial charge >= 0.3 is 6.09 Å². The number of benzene rings is 1. The van der Waals surface area contributed by atoms with Gasteiger partial charge in [0, 0.05) is 25.2 Å². The van der Waals surface area contributed by atoms with Crippen molar-refractivity contribution in [2.45, 2.75) is 58.6 Å². The first-order valence-corrected chi connectivity index (χ1v) is 9.74. The van der Waals surface area contributed by atoms with Gasteiger partial charge in [0.25, 0.3) is 0 Å². The number of hydrogen-bond acceptors (Lipinski definition) is 4. The van der Waals surface area contributed by atoms with Gasteiger partial charge in [-0.25, -0.2) is 9.78 Å². The Morgan fingerprint density at radius 2 is 2.04 bits per heavy atom. The Labute approximate surface area is 160 Å². The molecule has 27 heavy (non-hydrogen) atoms. The molecule has 1 amide bonds. The minimum Gasteiger partial charge on any atom is -0.444 e. The smallest absolute Gasteiger partial charge is 0.410 e. The molecule has 2 heterocycles. The number of carbonyl (C=O) groups is 2. The van der Waals surface area contributed by atoms with Crippen LogP contribution in [0.5, 0.6) is 0 Å². The van der Waals surface area contributed by atoms with Crippen LogP contribution in [-0.2, 0) is 11.3 Å². The van der Waals surface area contributed by atoms with E-state index in [4.69, 9.17) is 4.74 Å². The van der Waals surface area contributed by atoms with Gasteiger partial charge in [-0.15, -0.1) is 0 Å². The van der Waals surface area contributed by atoms with Gasteiger partial charge in [0.2, 0.25) is 0 Å². The highest BCUT2D eigenvalue weighted by Gasteiger charge is 2.26. The minimum absolute atomic E-state index is 0.194. The molecule has 1 fully saturated rings. The Hall–Kier alpha value is -2.37. The first kappa shape index (κ1) is 19.4. The lowest BCUT2D eigenvalue weighted by molar-refractivity contribution is 0.0180. The summed E-state index contributed by atoms with van der Waals surface area (Å²) in [6.45, 7) is 8.18. The molecular weight excluding hydrogens is 342 g/mol. The minimum atomic E-state index is -0.437. The van der Waals surface area contributed by atoms with Crippen LogP contribution in [0.25, 0.3) is 11.0 Å². The van der Waals surface area contributed by atoms with Gasteiger partial charge in [-0.05, 0) is 70.6 Å². The highest BCUT2D eigenvalue weighted by atomic mass is 16.6. The summed E-state index contributed by atoms with van der Waals surface area (Å²) < 4.78 is 7.61. The van der Waals surface area contributed by atoms with Crippen LogP contribution < -0.4 is 0 Å². The fourth-order valence-corrected chi connectivity index (χ4v) is 3.61. The zero-order valence-corrected chi connectivity index (χ0v) is 16.5. The third kappa shape index (κ3) is 5.08. The van der Waals surface area contributed by atoms with Crippen LogP contribution in [0.4, 0.5) is 4.79 Å². The average Bonchev–Trinajstić information content (AvgIpc) is 3.03. The number of likely N-dealkylation sites (tertiary alicyclic amines) is 1. The van der Waals surface area contributed by atoms with E-state index in [1.54, 1.807) is 0 Å². The van der Waals surface area contributed by atoms with Crippen molar-refractivity contribution < 1.29 is 14.3 Å². The number of ether oxygens (including phenoxy) is 1. The molecular formula is C21H29N3O3. The molecule has 3 rings (SSSR count). The van der Waals surface area contributed by atoms with Crippen LogP contribution in [0.15, 0.2) is 24.5 Å². The molecule has 0 atom stereocenters. The van der Waals surface area contributed by atoms with Crippen LogP contribution >= 0.6 is 0 Å². The van der Waals surface area contributed by atoms with Crippen LogP contribution in [0.3, 0.4) is 0 Å². The Bertz CT molecular complexity index is 799. The van der Waals surface area contributed by atoms with Crippen molar-refractivity contribution in [3.63, 3.8) is 0 Å². The maximum absolute atomic E-state index is 12.1. The number of fused-ring (bicyclic) bond motifs is 1. The normalized spacial score (nSPS) is 15.9. The number of imidazole rings is 1. The van der Waals surface area contributed by atoms with Crippen LogP contribution in [-0.4, -0.2) is 45.5 Å². The Balaban J connectivity index is 1.44. The van der Waals surface area contributed by atoms with Crippen molar-refractivity contribution in [3.05, 3.63) is 30.1 Å². The lowest BCUT2D eigenvalue weighted by Crippen LogP contribution is -2.41. The Kier molecular flexibility index (Phi) is 5.82. The molecule has 0 unspecified atom stereocenters. The number of amides is 1. The number of aryl methyl sites for hydroxylation is 1. The molecule has 2 aromatic rings. The molecule has 6 heteroatoms. The van der Waals surface area contributed by atoms with E-state index in [1.807, 2.05) is 50.2 Å². The van der Waals surface area contributed by atoms with Gasteiger partial charge in [0.1, 0.15) is 11.9 Å². The summed E-state index contributed by atoms with van der Waals surface area (Å²) in [4.78, 5) is 29.2. The Morgan fingerprint density at radius 1 is 1.30 bits per heavy atom. The lowest BCUT2D eigenvalue weighted by atomic mass is 9.92. The number of aldehydes is 1. The van der Waals surface area contributed by atoms with Crippen molar-refractivity contribution >= 4 is 23.4 Å². The predicted octanol–water partition coefficient (Wildman–Crippen LogP) is 4.28. The molecule has 0 N–H and O–H groups in total. The first-order chi connectivity index (χ1) is 12.9. The Morgan fingerprint density at radius 3 is 2.70 bits per heavy atom. The fraction of sp³-hybridized carbons (Fsp3) is 0.571. The summed E-state index contributed by atoms with van der Waals surface area (Å²) in [7, 11) is 0. The lowest BCUT2D eigenvalue weighted by Gasteiger charge is -2.33. The molecule has 1 aromatic carbocycles. The molecule has 1 aromatic heterocycles. The second kappa shape index (κ2) is 8.11. The molecule has 0 spiro atoms. The second-order valence-electron chi connectivity index (χ2n) is 8.36. The summed E-state index contributed by atoms with van der Waals surface area (Å²) >= 11 is 0. The summed E-state index contributed by atoms with van der Waals surface area (Å²) in [5.74, 6) is 0.653. The summed E-state index contributed by atoms with van der Waals surface area (Å²) in [5, 5.41) is 0. The van der Waals surface area contributed by atoms with Crippen molar-refractivity contribution in [3.8, 4) is 0 Å². The standard InChI is InChI=1S/C21H29N3O3/c1-21(2,3)27-20(26)23-11-8-16(9-12-23)5-4-10-24-15-22-18-13-17(14-25)6-7-19(18)24/h6-7,13-16H,4-5,8-12H2,1-3H3. The van der Waals surface area contributed by atoms with Gasteiger partial charge in [0.05, 0.1) is 17.4 Å². The van der Waals surface area contributed by atoms with Crippen molar-refractivity contribution in [2.24, 2.45) is 5.92 Å². The van der Waals surface area contributed by atoms with E-state index in [-0.39, 0.29) is 6.09 Å². The molecule has 1 aliphatic heterocycles. The van der Waals surface area contributed by atoms with Gasteiger partial charge < -0.3 is 14.2 Å². The van der Waals surface area contributed by atoms with E-state index in [0.29, 0.717) is 11.5 Å². The number of piperidine rings is 1.